The van der Waals surface area contributed by atoms with Crippen LogP contribution in [0, 0.1) is 23.3 Å². The Morgan fingerprint density at radius 2 is 1.50 bits per heavy atom. The van der Waals surface area contributed by atoms with Crippen molar-refractivity contribution in [2.24, 2.45) is 0 Å². The summed E-state index contributed by atoms with van der Waals surface area (Å²) in [5.74, 6) is -6.85. The first kappa shape index (κ1) is 11.6. The van der Waals surface area contributed by atoms with E-state index < -0.39 is 44.2 Å². The highest BCUT2D eigenvalue weighted by Gasteiger charge is 2.49. The highest BCUT2D eigenvalue weighted by Crippen LogP contribution is 2.20. The Bertz CT molecular complexity index is 480. The lowest BCUT2D eigenvalue weighted by Crippen LogP contribution is -2.48. The van der Waals surface area contributed by atoms with Gasteiger partial charge in [-0.1, -0.05) is 0 Å². The van der Waals surface area contributed by atoms with Crippen molar-refractivity contribution in [1.82, 2.24) is 0 Å². The standard InChI is InChI=1S/C8H7BF4O2Si/c1-16(2)8-3(9(14)15-16)4(10)5(11)6(12)7(8)13/h14H,1-2H3. The molecule has 8 heteroatoms. The van der Waals surface area contributed by atoms with Crippen molar-refractivity contribution < 1.29 is 26.9 Å². The molecule has 0 aliphatic carbocycles. The molecule has 16 heavy (non-hydrogen) atoms. The van der Waals surface area contributed by atoms with Crippen LogP contribution in [-0.2, 0) is 4.34 Å². The van der Waals surface area contributed by atoms with Gasteiger partial charge in [-0.25, -0.2) is 17.6 Å². The number of rotatable bonds is 0. The summed E-state index contributed by atoms with van der Waals surface area (Å²) in [6.45, 7) is 2.92. The van der Waals surface area contributed by atoms with Crippen molar-refractivity contribution in [2.45, 2.75) is 13.1 Å². The summed E-state index contributed by atoms with van der Waals surface area (Å²) in [7, 11) is -4.66. The maximum Gasteiger partial charge on any atom is 0.483 e. The van der Waals surface area contributed by atoms with Crippen molar-refractivity contribution in [3.63, 3.8) is 0 Å². The molecule has 1 aliphatic rings. The number of fused-ring (bicyclic) bond motifs is 1. The highest BCUT2D eigenvalue weighted by atomic mass is 28.4. The largest absolute Gasteiger partial charge is 0.483 e. The van der Waals surface area contributed by atoms with E-state index in [1.807, 2.05) is 0 Å². The van der Waals surface area contributed by atoms with Crippen LogP contribution in [0.5, 0.6) is 0 Å². The predicted molar refractivity (Wildman–Crippen MR) is 52.1 cm³/mol. The molecule has 0 radical (unpaired) electrons. The first-order valence-electron chi connectivity index (χ1n) is 4.49. The zero-order valence-electron chi connectivity index (χ0n) is 8.44. The van der Waals surface area contributed by atoms with Gasteiger partial charge in [-0.15, -0.1) is 0 Å². The summed E-state index contributed by atoms with van der Waals surface area (Å²) in [6, 6.07) is 0. The maximum atomic E-state index is 13.5. The topological polar surface area (TPSA) is 29.5 Å². The van der Waals surface area contributed by atoms with Crippen LogP contribution in [0.3, 0.4) is 0 Å². The van der Waals surface area contributed by atoms with Crippen molar-refractivity contribution in [3.8, 4) is 0 Å². The Balaban J connectivity index is 2.86. The molecule has 0 atom stereocenters. The number of hydrogen-bond donors (Lipinski definition) is 1. The first-order valence-corrected chi connectivity index (χ1v) is 7.40. The van der Waals surface area contributed by atoms with Gasteiger partial charge in [0.1, 0.15) is 0 Å². The molecule has 1 aromatic carbocycles. The van der Waals surface area contributed by atoms with Gasteiger partial charge in [0.05, 0.1) is 0 Å². The number of halogens is 4. The van der Waals surface area contributed by atoms with Gasteiger partial charge in [-0.3, -0.25) is 0 Å². The van der Waals surface area contributed by atoms with Gasteiger partial charge in [0.2, 0.25) is 8.32 Å². The van der Waals surface area contributed by atoms with Crippen LogP contribution in [0.1, 0.15) is 0 Å². The normalized spacial score (nSPS) is 17.8. The predicted octanol–water partition coefficient (Wildman–Crippen LogP) is 0.373. The van der Waals surface area contributed by atoms with E-state index in [4.69, 9.17) is 4.34 Å². The van der Waals surface area contributed by atoms with E-state index in [1.165, 1.54) is 13.1 Å². The second-order valence-corrected chi connectivity index (χ2v) is 7.78. The summed E-state index contributed by atoms with van der Waals surface area (Å²) in [5, 5.41) is 9.00. The molecule has 0 aromatic heterocycles. The molecule has 0 bridgehead atoms. The van der Waals surface area contributed by atoms with E-state index >= 15 is 0 Å². The van der Waals surface area contributed by atoms with Crippen LogP contribution < -0.4 is 10.6 Å². The number of benzene rings is 1. The molecule has 0 saturated carbocycles. The van der Waals surface area contributed by atoms with Gasteiger partial charge in [-0.05, 0) is 13.1 Å². The Morgan fingerprint density at radius 3 is 2.06 bits per heavy atom. The molecular formula is C8H7BF4O2Si. The van der Waals surface area contributed by atoms with E-state index in [-0.39, 0.29) is 5.19 Å². The van der Waals surface area contributed by atoms with Crippen molar-refractivity contribution >= 4 is 26.1 Å². The van der Waals surface area contributed by atoms with Gasteiger partial charge < -0.3 is 9.37 Å². The fourth-order valence-electron chi connectivity index (χ4n) is 1.87. The molecule has 86 valence electrons. The molecule has 1 N–H and O–H groups in total. The molecule has 1 heterocycles. The SMILES string of the molecule is C[Si]1(C)OB(O)c2c(F)c(F)c(F)c(F)c21. The molecule has 0 amide bonds. The Kier molecular flexibility index (Phi) is 2.41. The van der Waals surface area contributed by atoms with Gasteiger partial charge in [-0.2, -0.15) is 0 Å². The second-order valence-electron chi connectivity index (χ2n) is 4.03. The van der Waals surface area contributed by atoms with Crippen molar-refractivity contribution in [3.05, 3.63) is 23.3 Å². The van der Waals surface area contributed by atoms with Crippen LogP contribution in [0.25, 0.3) is 0 Å². The van der Waals surface area contributed by atoms with Crippen molar-refractivity contribution in [1.29, 1.82) is 0 Å². The zero-order valence-corrected chi connectivity index (χ0v) is 9.44. The van der Waals surface area contributed by atoms with Crippen molar-refractivity contribution in [2.75, 3.05) is 0 Å². The molecule has 2 rings (SSSR count). The molecule has 0 unspecified atom stereocenters. The quantitative estimate of drug-likeness (QED) is 0.312. The molecular weight excluding hydrogens is 243 g/mol. The van der Waals surface area contributed by atoms with Crippen LogP contribution in [0.4, 0.5) is 17.6 Å². The van der Waals surface area contributed by atoms with Crippen LogP contribution >= 0.6 is 0 Å². The van der Waals surface area contributed by atoms with E-state index in [9.17, 15) is 22.6 Å². The smallest absolute Gasteiger partial charge is 0.446 e. The molecule has 0 fully saturated rings. The molecule has 1 aromatic rings. The van der Waals surface area contributed by atoms with E-state index in [2.05, 4.69) is 0 Å². The van der Waals surface area contributed by atoms with Gasteiger partial charge in [0.15, 0.2) is 23.3 Å². The fraction of sp³-hybridized carbons (Fsp3) is 0.250. The second kappa shape index (κ2) is 3.32. The van der Waals surface area contributed by atoms with Crippen LogP contribution in [-0.4, -0.2) is 20.5 Å². The molecule has 0 spiro atoms. The third-order valence-corrected chi connectivity index (χ3v) is 5.06. The Hall–Kier alpha value is -0.858. The molecule has 2 nitrogen and oxygen atoms in total. The minimum Gasteiger partial charge on any atom is -0.446 e. The summed E-state index contributed by atoms with van der Waals surface area (Å²) in [4.78, 5) is 0. The van der Waals surface area contributed by atoms with E-state index in [0.717, 1.165) is 0 Å². The number of hydrogen-bond acceptors (Lipinski definition) is 2. The molecule has 0 saturated heterocycles. The average Bonchev–Trinajstić information content (AvgIpc) is 2.42. The summed E-state index contributed by atoms with van der Waals surface area (Å²) >= 11 is 0. The lowest BCUT2D eigenvalue weighted by Gasteiger charge is -2.17. The monoisotopic (exact) mass is 250 g/mol. The average molecular weight is 250 g/mol. The third-order valence-electron chi connectivity index (χ3n) is 2.56. The van der Waals surface area contributed by atoms with E-state index in [0.29, 0.717) is 0 Å². The van der Waals surface area contributed by atoms with Crippen LogP contribution in [0.2, 0.25) is 13.1 Å². The zero-order chi connectivity index (χ0) is 12.2. The van der Waals surface area contributed by atoms with Gasteiger partial charge in [0.25, 0.3) is 0 Å². The third kappa shape index (κ3) is 1.33. The Labute approximate surface area is 90.1 Å². The van der Waals surface area contributed by atoms with Crippen LogP contribution in [0.15, 0.2) is 0 Å². The summed E-state index contributed by atoms with van der Waals surface area (Å²) < 4.78 is 57.7. The minimum atomic E-state index is -2.93. The summed E-state index contributed by atoms with van der Waals surface area (Å²) in [5.41, 5.74) is -0.618. The van der Waals surface area contributed by atoms with E-state index in [1.54, 1.807) is 0 Å². The molecule has 1 aliphatic heterocycles. The fourth-order valence-corrected chi connectivity index (χ4v) is 4.18. The highest BCUT2D eigenvalue weighted by molar-refractivity contribution is 6.97. The first-order chi connectivity index (χ1) is 7.27. The summed E-state index contributed by atoms with van der Waals surface area (Å²) in [6.07, 6.45) is 0. The Morgan fingerprint density at radius 1 is 1.00 bits per heavy atom. The maximum absolute atomic E-state index is 13.5. The lowest BCUT2D eigenvalue weighted by atomic mass is 9.79. The lowest BCUT2D eigenvalue weighted by molar-refractivity contribution is 0.413. The minimum absolute atomic E-state index is 0.351. The van der Waals surface area contributed by atoms with Gasteiger partial charge in [0, 0.05) is 10.6 Å². The van der Waals surface area contributed by atoms with Gasteiger partial charge >= 0.3 is 7.12 Å².